The minimum absolute atomic E-state index is 0.273. The Kier molecular flexibility index (Phi) is 8.23. The van der Waals surface area contributed by atoms with E-state index in [9.17, 15) is 18.3 Å². The number of nitrogens with zero attached hydrogens (tertiary/aromatic N) is 3. The number of hydrogen-bond donors (Lipinski definition) is 2. The van der Waals surface area contributed by atoms with Crippen molar-refractivity contribution in [3.05, 3.63) is 24.4 Å². The molecule has 1 unspecified atom stereocenters. The van der Waals surface area contributed by atoms with Crippen LogP contribution in [0.25, 0.3) is 0 Å². The van der Waals surface area contributed by atoms with Crippen LogP contribution in [0.3, 0.4) is 0 Å². The Labute approximate surface area is 167 Å². The van der Waals surface area contributed by atoms with E-state index in [1.807, 2.05) is 23.1 Å². The van der Waals surface area contributed by atoms with Crippen molar-refractivity contribution < 1.29 is 18.3 Å². The van der Waals surface area contributed by atoms with Crippen molar-refractivity contribution in [2.75, 3.05) is 36.8 Å². The van der Waals surface area contributed by atoms with E-state index in [1.165, 1.54) is 4.31 Å². The highest BCUT2D eigenvalue weighted by atomic mass is 32.2. The topological polar surface area (TPSA) is 103 Å². The van der Waals surface area contributed by atoms with Gasteiger partial charge in [-0.3, -0.25) is 4.79 Å². The first kappa shape index (κ1) is 22.1. The largest absolute Gasteiger partial charge is 0.360 e. The monoisotopic (exact) mass is 408 g/mol. The Balaban J connectivity index is 1.99. The summed E-state index contributed by atoms with van der Waals surface area (Å²) in [6, 6.07) is 5.59. The zero-order valence-corrected chi connectivity index (χ0v) is 17.0. The van der Waals surface area contributed by atoms with Crippen molar-refractivity contribution in [1.29, 1.82) is 0 Å². The van der Waals surface area contributed by atoms with Crippen LogP contribution in [0.15, 0.2) is 24.4 Å². The molecule has 2 heterocycles. The highest BCUT2D eigenvalue weighted by Crippen LogP contribution is 2.16. The number of hydrogen-bond acceptors (Lipinski definition) is 6. The van der Waals surface area contributed by atoms with Gasteiger partial charge in [0.05, 0.1) is 0 Å². The molecule has 0 saturated carbocycles. The fourth-order valence-electron chi connectivity index (χ4n) is 2.97. The molecule has 1 atom stereocenters. The first-order chi connectivity index (χ1) is 13.4. The summed E-state index contributed by atoms with van der Waals surface area (Å²) in [5.41, 5.74) is -2.09. The summed E-state index contributed by atoms with van der Waals surface area (Å²) in [4.78, 5) is 17.1. The van der Waals surface area contributed by atoms with Crippen molar-refractivity contribution in [1.82, 2.24) is 14.6 Å². The van der Waals surface area contributed by atoms with Gasteiger partial charge in [-0.1, -0.05) is 31.8 Å². The second kappa shape index (κ2) is 10.4. The summed E-state index contributed by atoms with van der Waals surface area (Å²) in [6.07, 6.45) is 5.42. The summed E-state index contributed by atoms with van der Waals surface area (Å²) in [5, 5.41) is 12.7. The van der Waals surface area contributed by atoms with Crippen LogP contribution in [-0.4, -0.2) is 66.9 Å². The van der Waals surface area contributed by atoms with Crippen molar-refractivity contribution in [3.63, 3.8) is 0 Å². The molecule has 8 nitrogen and oxygen atoms in total. The second-order valence-electron chi connectivity index (χ2n) is 6.71. The predicted octanol–water partition coefficient (Wildman–Crippen LogP) is 0.552. The van der Waals surface area contributed by atoms with Gasteiger partial charge >= 0.3 is 0 Å². The van der Waals surface area contributed by atoms with E-state index in [4.69, 9.17) is 0 Å². The van der Waals surface area contributed by atoms with Gasteiger partial charge in [-0.2, -0.15) is 4.31 Å². The van der Waals surface area contributed by atoms with E-state index in [-0.39, 0.29) is 19.5 Å². The number of amides is 1. The molecule has 0 radical (unpaired) electrons. The molecule has 1 saturated heterocycles. The average molecular weight is 409 g/mol. The van der Waals surface area contributed by atoms with Crippen LogP contribution in [0.4, 0.5) is 5.82 Å². The van der Waals surface area contributed by atoms with E-state index in [2.05, 4.69) is 29.1 Å². The Bertz CT molecular complexity index is 783. The van der Waals surface area contributed by atoms with Crippen LogP contribution < -0.4 is 10.2 Å². The van der Waals surface area contributed by atoms with Gasteiger partial charge in [-0.15, -0.1) is 0 Å². The van der Waals surface area contributed by atoms with Crippen LogP contribution in [-0.2, 0) is 14.8 Å². The lowest BCUT2D eigenvalue weighted by atomic mass is 10.2. The molecule has 1 amide bonds. The van der Waals surface area contributed by atoms with Crippen molar-refractivity contribution in [2.45, 2.75) is 38.3 Å². The number of sulfonamides is 1. The second-order valence-corrected chi connectivity index (χ2v) is 8.68. The number of unbranched alkanes of at least 4 members (excludes halogenated alkanes) is 3. The molecule has 9 heteroatoms. The van der Waals surface area contributed by atoms with Crippen LogP contribution in [0.2, 0.25) is 0 Å². The van der Waals surface area contributed by atoms with Gasteiger partial charge in [0.25, 0.3) is 0 Å². The number of rotatable bonds is 9. The molecule has 1 aromatic rings. The molecule has 0 aromatic carbocycles. The van der Waals surface area contributed by atoms with E-state index in [1.54, 1.807) is 6.20 Å². The maximum absolute atomic E-state index is 12.8. The van der Waals surface area contributed by atoms with Gasteiger partial charge in [0, 0.05) is 38.8 Å². The molecule has 1 aromatic heterocycles. The third-order valence-electron chi connectivity index (χ3n) is 4.49. The van der Waals surface area contributed by atoms with E-state index >= 15 is 0 Å². The van der Waals surface area contributed by atoms with Crippen LogP contribution >= 0.6 is 0 Å². The number of nitrogens with one attached hydrogen (secondary N) is 1. The van der Waals surface area contributed by atoms with Crippen LogP contribution in [0, 0.1) is 11.8 Å². The molecular formula is C19H28N4O4S. The highest BCUT2D eigenvalue weighted by Gasteiger charge is 2.36. The first-order valence-corrected chi connectivity index (χ1v) is 11.1. The minimum Gasteiger partial charge on any atom is -0.360 e. The molecule has 154 valence electrons. The van der Waals surface area contributed by atoms with Crippen molar-refractivity contribution in [2.24, 2.45) is 0 Å². The quantitative estimate of drug-likeness (QED) is 0.268. The summed E-state index contributed by atoms with van der Waals surface area (Å²) in [5.74, 6) is 5.43. The maximum atomic E-state index is 12.8. The van der Waals surface area contributed by atoms with Gasteiger partial charge in [0.1, 0.15) is 11.6 Å². The Morgan fingerprint density at radius 3 is 2.64 bits per heavy atom. The number of carbonyl (C=O) groups is 1. The Morgan fingerprint density at radius 2 is 2.04 bits per heavy atom. The molecule has 0 aliphatic carbocycles. The summed E-state index contributed by atoms with van der Waals surface area (Å²) in [6.45, 7) is 3.62. The third-order valence-corrected chi connectivity index (χ3v) is 6.43. The number of piperazine rings is 1. The molecule has 2 N–H and O–H groups in total. The lowest BCUT2D eigenvalue weighted by Gasteiger charge is -2.35. The maximum Gasteiger partial charge on any atom is 0.220 e. The van der Waals surface area contributed by atoms with Crippen LogP contribution in [0.1, 0.15) is 32.6 Å². The van der Waals surface area contributed by atoms with Crippen molar-refractivity contribution in [3.8, 4) is 11.8 Å². The summed E-state index contributed by atoms with van der Waals surface area (Å²) >= 11 is 0. The van der Waals surface area contributed by atoms with E-state index in [0.29, 0.717) is 19.5 Å². The molecule has 0 bridgehead atoms. The molecule has 2 rings (SSSR count). The predicted molar refractivity (Wildman–Crippen MR) is 108 cm³/mol. The zero-order chi connectivity index (χ0) is 20.5. The van der Waals surface area contributed by atoms with E-state index in [0.717, 1.165) is 25.1 Å². The fourth-order valence-corrected chi connectivity index (χ4v) is 4.56. The van der Waals surface area contributed by atoms with Gasteiger partial charge in [0.2, 0.25) is 22.2 Å². The standard InChI is InChI=1S/C19H28N4O4S/c1-2-3-4-5-7-10-19(25,21-17-24)16-28(26,27)23-14-12-22(13-15-23)18-9-6-8-11-20-18/h6,8-9,11,17,25H,2-5,12-16H2,1H3,(H,21,24). The molecule has 1 aliphatic heterocycles. The number of anilines is 1. The molecule has 28 heavy (non-hydrogen) atoms. The number of pyridine rings is 1. The van der Waals surface area contributed by atoms with Crippen molar-refractivity contribution >= 4 is 22.3 Å². The normalized spacial score (nSPS) is 17.3. The molecular weight excluding hydrogens is 380 g/mol. The smallest absolute Gasteiger partial charge is 0.220 e. The zero-order valence-electron chi connectivity index (χ0n) is 16.2. The first-order valence-electron chi connectivity index (χ1n) is 9.48. The van der Waals surface area contributed by atoms with Gasteiger partial charge in [-0.25, -0.2) is 13.4 Å². The lowest BCUT2D eigenvalue weighted by molar-refractivity contribution is -0.113. The fraction of sp³-hybridized carbons (Fsp3) is 0.579. The molecule has 0 spiro atoms. The average Bonchev–Trinajstić information content (AvgIpc) is 2.68. The Morgan fingerprint density at radius 1 is 1.29 bits per heavy atom. The lowest BCUT2D eigenvalue weighted by Crippen LogP contribution is -2.55. The number of carbonyl (C=O) groups excluding carboxylic acids is 1. The molecule has 1 aliphatic rings. The SMILES string of the molecule is CCCCCC#CC(O)(CS(=O)(=O)N1CCN(c2ccccn2)CC1)NC=O. The van der Waals surface area contributed by atoms with Gasteiger partial charge in [0.15, 0.2) is 0 Å². The molecule has 1 fully saturated rings. The Hall–Kier alpha value is -2.15. The summed E-state index contributed by atoms with van der Waals surface area (Å²) < 4.78 is 26.8. The summed E-state index contributed by atoms with van der Waals surface area (Å²) in [7, 11) is -3.80. The minimum atomic E-state index is -3.80. The highest BCUT2D eigenvalue weighted by molar-refractivity contribution is 7.89. The number of aromatic nitrogens is 1. The third kappa shape index (κ3) is 6.48. The number of aliphatic hydroxyl groups is 1. The van der Waals surface area contributed by atoms with Crippen LogP contribution in [0.5, 0.6) is 0 Å². The van der Waals surface area contributed by atoms with E-state index < -0.39 is 21.5 Å². The van der Waals surface area contributed by atoms with Gasteiger partial charge < -0.3 is 15.3 Å². The van der Waals surface area contributed by atoms with Gasteiger partial charge in [-0.05, 0) is 24.5 Å².